The minimum absolute atomic E-state index is 0.00292. The summed E-state index contributed by atoms with van der Waals surface area (Å²) >= 11 is 0. The number of rotatable bonds is 2. The third kappa shape index (κ3) is 0.713. The molecule has 3 aliphatic rings. The van der Waals surface area contributed by atoms with Crippen molar-refractivity contribution in [2.75, 3.05) is 7.11 Å². The van der Waals surface area contributed by atoms with Crippen molar-refractivity contribution in [3.05, 3.63) is 12.4 Å². The number of allylic oxidation sites excluding steroid dienone is 1. The van der Waals surface area contributed by atoms with Gasteiger partial charge >= 0.3 is 5.97 Å². The summed E-state index contributed by atoms with van der Waals surface area (Å²) in [6.07, 6.45) is 4.46. The zero-order valence-corrected chi connectivity index (χ0v) is 6.97. The van der Waals surface area contributed by atoms with E-state index < -0.39 is 0 Å². The summed E-state index contributed by atoms with van der Waals surface area (Å²) in [7, 11) is 1.40. The molecular weight excluding hydrogens is 159 g/mol. The molecule has 0 spiro atoms. The Bertz CT molecular complexity index is 237. The van der Waals surface area contributed by atoms with E-state index in [1.807, 2.05) is 0 Å². The first-order valence-electron chi connectivity index (χ1n) is 4.03. The number of methoxy groups -OCH3 is 1. The van der Waals surface area contributed by atoms with E-state index >= 15 is 0 Å². The Morgan fingerprint density at radius 3 is 2.50 bits per heavy atom. The molecule has 0 atom stereocenters. The molecule has 0 saturated heterocycles. The SMILES string of the molecule is COC(=O)C12CC(/C=C\F)(C1)C2. The largest absolute Gasteiger partial charge is 0.469 e. The molecule has 0 aromatic rings. The summed E-state index contributed by atoms with van der Waals surface area (Å²) < 4.78 is 16.5. The number of halogens is 1. The predicted molar refractivity (Wildman–Crippen MR) is 41.0 cm³/mol. The summed E-state index contributed by atoms with van der Waals surface area (Å²) in [6.45, 7) is 0. The molecule has 2 bridgehead atoms. The Kier molecular flexibility index (Phi) is 1.35. The fraction of sp³-hybridized carbons (Fsp3) is 0.667. The van der Waals surface area contributed by atoms with Crippen LogP contribution in [0.5, 0.6) is 0 Å². The van der Waals surface area contributed by atoms with Crippen molar-refractivity contribution in [3.8, 4) is 0 Å². The van der Waals surface area contributed by atoms with Crippen LogP contribution >= 0.6 is 0 Å². The van der Waals surface area contributed by atoms with Crippen molar-refractivity contribution in [2.45, 2.75) is 19.3 Å². The second-order valence-electron chi connectivity index (χ2n) is 3.96. The van der Waals surface area contributed by atoms with Gasteiger partial charge in [0.25, 0.3) is 0 Å². The van der Waals surface area contributed by atoms with Gasteiger partial charge in [-0.05, 0) is 30.8 Å². The third-order valence-corrected chi connectivity index (χ3v) is 3.11. The van der Waals surface area contributed by atoms with E-state index in [0.29, 0.717) is 6.33 Å². The molecule has 3 rings (SSSR count). The normalized spacial score (nSPS) is 43.5. The van der Waals surface area contributed by atoms with E-state index in [0.717, 1.165) is 19.3 Å². The fourth-order valence-electron chi connectivity index (χ4n) is 2.61. The molecule has 3 heteroatoms. The number of carbonyl (C=O) groups excluding carboxylic acids is 1. The van der Waals surface area contributed by atoms with Crippen LogP contribution in [-0.2, 0) is 9.53 Å². The Morgan fingerprint density at radius 2 is 2.08 bits per heavy atom. The highest BCUT2D eigenvalue weighted by atomic mass is 19.1. The van der Waals surface area contributed by atoms with Gasteiger partial charge in [-0.2, -0.15) is 0 Å². The molecule has 0 aromatic carbocycles. The quantitative estimate of drug-likeness (QED) is 0.591. The summed E-state index contributed by atoms with van der Waals surface area (Å²) in [5.41, 5.74) is -0.239. The van der Waals surface area contributed by atoms with Crippen molar-refractivity contribution in [1.29, 1.82) is 0 Å². The number of esters is 1. The van der Waals surface area contributed by atoms with Gasteiger partial charge < -0.3 is 4.74 Å². The molecule has 12 heavy (non-hydrogen) atoms. The molecule has 0 aliphatic heterocycles. The monoisotopic (exact) mass is 170 g/mol. The predicted octanol–water partition coefficient (Wildman–Crippen LogP) is 1.81. The van der Waals surface area contributed by atoms with Gasteiger partial charge in [-0.25, -0.2) is 4.39 Å². The maximum Gasteiger partial charge on any atom is 0.311 e. The van der Waals surface area contributed by atoms with Gasteiger partial charge in [-0.15, -0.1) is 0 Å². The first-order valence-corrected chi connectivity index (χ1v) is 4.03. The first kappa shape index (κ1) is 7.77. The van der Waals surface area contributed by atoms with Gasteiger partial charge in [-0.1, -0.05) is 0 Å². The van der Waals surface area contributed by atoms with Crippen molar-refractivity contribution in [3.63, 3.8) is 0 Å². The lowest BCUT2D eigenvalue weighted by Gasteiger charge is -2.67. The molecule has 3 fully saturated rings. The topological polar surface area (TPSA) is 26.3 Å². The molecule has 0 unspecified atom stereocenters. The molecule has 0 radical (unpaired) electrons. The summed E-state index contributed by atoms with van der Waals surface area (Å²) in [6, 6.07) is 0. The number of hydrogen-bond donors (Lipinski definition) is 0. The van der Waals surface area contributed by atoms with Crippen molar-refractivity contribution in [1.82, 2.24) is 0 Å². The van der Waals surface area contributed by atoms with Crippen molar-refractivity contribution in [2.24, 2.45) is 10.8 Å². The fourth-order valence-corrected chi connectivity index (χ4v) is 2.61. The van der Waals surface area contributed by atoms with Crippen LogP contribution in [0.3, 0.4) is 0 Å². The average molecular weight is 170 g/mol. The Morgan fingerprint density at radius 1 is 1.50 bits per heavy atom. The second kappa shape index (κ2) is 2.09. The van der Waals surface area contributed by atoms with Gasteiger partial charge in [0.2, 0.25) is 0 Å². The van der Waals surface area contributed by atoms with Crippen LogP contribution in [0.1, 0.15) is 19.3 Å². The van der Waals surface area contributed by atoms with Crippen LogP contribution in [0.2, 0.25) is 0 Å². The van der Waals surface area contributed by atoms with Crippen molar-refractivity contribution >= 4 is 5.97 Å². The number of hydrogen-bond acceptors (Lipinski definition) is 2. The molecule has 0 aromatic heterocycles. The molecule has 0 heterocycles. The number of carbonyl (C=O) groups is 1. The molecule has 3 aliphatic carbocycles. The molecule has 66 valence electrons. The van der Waals surface area contributed by atoms with E-state index in [2.05, 4.69) is 4.74 Å². The van der Waals surface area contributed by atoms with E-state index in [-0.39, 0.29) is 16.8 Å². The van der Waals surface area contributed by atoms with E-state index in [9.17, 15) is 9.18 Å². The van der Waals surface area contributed by atoms with Crippen LogP contribution in [-0.4, -0.2) is 13.1 Å². The van der Waals surface area contributed by atoms with Gasteiger partial charge in [0.15, 0.2) is 0 Å². The third-order valence-electron chi connectivity index (χ3n) is 3.11. The second-order valence-corrected chi connectivity index (χ2v) is 3.96. The van der Waals surface area contributed by atoms with Gasteiger partial charge in [0, 0.05) is 0 Å². The smallest absolute Gasteiger partial charge is 0.311 e. The molecule has 0 amide bonds. The molecule has 0 N–H and O–H groups in total. The lowest BCUT2D eigenvalue weighted by molar-refractivity contribution is -0.208. The maximum atomic E-state index is 11.8. The highest BCUT2D eigenvalue weighted by molar-refractivity contribution is 5.81. The van der Waals surface area contributed by atoms with Gasteiger partial charge in [0.1, 0.15) is 0 Å². The minimum atomic E-state index is -0.242. The summed E-state index contributed by atoms with van der Waals surface area (Å²) in [4.78, 5) is 11.2. The highest BCUT2D eigenvalue weighted by Gasteiger charge is 2.71. The van der Waals surface area contributed by atoms with E-state index in [1.54, 1.807) is 6.08 Å². The van der Waals surface area contributed by atoms with Crippen LogP contribution in [0.4, 0.5) is 4.39 Å². The molecule has 3 saturated carbocycles. The van der Waals surface area contributed by atoms with Crippen molar-refractivity contribution < 1.29 is 13.9 Å². The Balaban J connectivity index is 1.99. The van der Waals surface area contributed by atoms with E-state index in [1.165, 1.54) is 7.11 Å². The maximum absolute atomic E-state index is 11.8. The lowest BCUT2D eigenvalue weighted by atomic mass is 9.35. The van der Waals surface area contributed by atoms with Crippen LogP contribution in [0.25, 0.3) is 0 Å². The molecule has 2 nitrogen and oxygen atoms in total. The average Bonchev–Trinajstić information content (AvgIpc) is 1.92. The summed E-state index contributed by atoms with van der Waals surface area (Å²) in [5.74, 6) is -0.128. The standard InChI is InChI=1S/C9H11FO2/c1-12-7(11)9-4-8(5-9,6-9)2-3-10/h2-3H,4-6H2,1H3/b3-2-. The van der Waals surface area contributed by atoms with E-state index in [4.69, 9.17) is 0 Å². The van der Waals surface area contributed by atoms with Crippen LogP contribution in [0, 0.1) is 10.8 Å². The first-order chi connectivity index (χ1) is 5.66. The Hall–Kier alpha value is -0.860. The molecular formula is C9H11FO2. The zero-order chi connectivity index (χ0) is 8.82. The minimum Gasteiger partial charge on any atom is -0.469 e. The van der Waals surface area contributed by atoms with Crippen LogP contribution < -0.4 is 0 Å². The lowest BCUT2D eigenvalue weighted by Crippen LogP contribution is -2.64. The highest BCUT2D eigenvalue weighted by Crippen LogP contribution is 2.74. The Labute approximate surface area is 70.4 Å². The summed E-state index contributed by atoms with van der Waals surface area (Å²) in [5, 5.41) is 0. The van der Waals surface area contributed by atoms with Gasteiger partial charge in [0.05, 0.1) is 18.9 Å². The van der Waals surface area contributed by atoms with Gasteiger partial charge in [-0.3, -0.25) is 4.79 Å². The number of ether oxygens (including phenoxy) is 1. The zero-order valence-electron chi connectivity index (χ0n) is 6.97. The van der Waals surface area contributed by atoms with Crippen LogP contribution in [0.15, 0.2) is 12.4 Å².